The number of rotatable bonds is 4. The van der Waals surface area contributed by atoms with E-state index >= 15 is 0 Å². The van der Waals surface area contributed by atoms with Crippen LogP contribution in [0.2, 0.25) is 0 Å². The molecule has 0 aliphatic carbocycles. The highest BCUT2D eigenvalue weighted by atomic mass is 14.5. The van der Waals surface area contributed by atoms with Gasteiger partial charge >= 0.3 is 0 Å². The molecule has 1 aromatic carbocycles. The van der Waals surface area contributed by atoms with Crippen molar-refractivity contribution in [3.63, 3.8) is 0 Å². The average molecular weight is 191 g/mol. The van der Waals surface area contributed by atoms with E-state index in [1.165, 1.54) is 23.1 Å². The fourth-order valence-electron chi connectivity index (χ4n) is 1.85. The van der Waals surface area contributed by atoms with Gasteiger partial charge in [0.1, 0.15) is 0 Å². The second kappa shape index (κ2) is 5.16. The number of hydrogen-bond acceptors (Lipinski definition) is 1. The van der Waals surface area contributed by atoms with Gasteiger partial charge in [0.15, 0.2) is 0 Å². The summed E-state index contributed by atoms with van der Waals surface area (Å²) in [5.41, 5.74) is 10.0. The Morgan fingerprint density at radius 1 is 1.21 bits per heavy atom. The normalized spacial score (nSPS) is 12.9. The molecule has 1 heteroatoms. The Hall–Kier alpha value is -0.820. The van der Waals surface area contributed by atoms with Crippen molar-refractivity contribution in [2.24, 2.45) is 11.7 Å². The molecule has 0 fully saturated rings. The monoisotopic (exact) mass is 191 g/mol. The van der Waals surface area contributed by atoms with Gasteiger partial charge in [0.25, 0.3) is 0 Å². The van der Waals surface area contributed by atoms with Gasteiger partial charge in [0.05, 0.1) is 0 Å². The van der Waals surface area contributed by atoms with Gasteiger partial charge in [-0.3, -0.25) is 0 Å². The van der Waals surface area contributed by atoms with Gasteiger partial charge in [0, 0.05) is 0 Å². The van der Waals surface area contributed by atoms with Crippen molar-refractivity contribution < 1.29 is 0 Å². The molecule has 0 spiro atoms. The van der Waals surface area contributed by atoms with Crippen molar-refractivity contribution in [3.05, 3.63) is 34.9 Å². The zero-order valence-electron chi connectivity index (χ0n) is 9.51. The molecule has 0 amide bonds. The Balaban J connectivity index is 2.84. The molecule has 0 saturated carbocycles. The molecule has 0 aliphatic heterocycles. The van der Waals surface area contributed by atoms with Crippen LogP contribution in [0.25, 0.3) is 0 Å². The van der Waals surface area contributed by atoms with Crippen LogP contribution in [0.15, 0.2) is 18.2 Å². The minimum Gasteiger partial charge on any atom is -0.330 e. The summed E-state index contributed by atoms with van der Waals surface area (Å²) in [5, 5.41) is 0. The van der Waals surface area contributed by atoms with Crippen LogP contribution in [0.3, 0.4) is 0 Å². The van der Waals surface area contributed by atoms with Crippen LogP contribution in [-0.2, 0) is 6.42 Å². The van der Waals surface area contributed by atoms with Gasteiger partial charge in [-0.25, -0.2) is 0 Å². The highest BCUT2D eigenvalue weighted by molar-refractivity contribution is 5.33. The first kappa shape index (κ1) is 11.3. The molecular weight excluding hydrogens is 170 g/mol. The first-order valence-electron chi connectivity index (χ1n) is 5.44. The van der Waals surface area contributed by atoms with Crippen molar-refractivity contribution in [1.29, 1.82) is 0 Å². The lowest BCUT2D eigenvalue weighted by molar-refractivity contribution is 0.516. The van der Waals surface area contributed by atoms with E-state index in [1.807, 2.05) is 0 Å². The molecule has 0 aliphatic rings. The Bertz CT molecular complexity index is 267. The Kier molecular flexibility index (Phi) is 4.15. The molecule has 1 unspecified atom stereocenters. The van der Waals surface area contributed by atoms with E-state index in [0.717, 1.165) is 13.0 Å². The molecule has 0 radical (unpaired) electrons. The van der Waals surface area contributed by atoms with Crippen LogP contribution in [0.4, 0.5) is 0 Å². The van der Waals surface area contributed by atoms with Crippen LogP contribution in [0.5, 0.6) is 0 Å². The summed E-state index contributed by atoms with van der Waals surface area (Å²) >= 11 is 0. The summed E-state index contributed by atoms with van der Waals surface area (Å²) < 4.78 is 0. The predicted molar refractivity (Wildman–Crippen MR) is 62.5 cm³/mol. The predicted octanol–water partition coefficient (Wildman–Crippen LogP) is 2.83. The second-order valence-corrected chi connectivity index (χ2v) is 4.08. The van der Waals surface area contributed by atoms with Crippen molar-refractivity contribution in [1.82, 2.24) is 0 Å². The van der Waals surface area contributed by atoms with Crippen LogP contribution >= 0.6 is 0 Å². The van der Waals surface area contributed by atoms with Gasteiger partial charge in [0.2, 0.25) is 0 Å². The molecule has 0 heterocycles. The summed E-state index contributed by atoms with van der Waals surface area (Å²) in [5.74, 6) is 0.634. The standard InChI is InChI=1S/C13H21N/c1-4-12(9-14)8-13-10(2)6-5-7-11(13)3/h5-7,12H,4,8-9,14H2,1-3H3. The summed E-state index contributed by atoms with van der Waals surface area (Å²) in [6.07, 6.45) is 2.30. The molecular formula is C13H21N. The molecule has 1 nitrogen and oxygen atoms in total. The lowest BCUT2D eigenvalue weighted by atomic mass is 9.91. The first-order valence-corrected chi connectivity index (χ1v) is 5.44. The SMILES string of the molecule is CCC(CN)Cc1c(C)cccc1C. The maximum absolute atomic E-state index is 5.73. The minimum atomic E-state index is 0.634. The summed E-state index contributed by atoms with van der Waals surface area (Å²) in [6, 6.07) is 6.49. The fourth-order valence-corrected chi connectivity index (χ4v) is 1.85. The minimum absolute atomic E-state index is 0.634. The third-order valence-corrected chi connectivity index (χ3v) is 3.05. The third-order valence-electron chi connectivity index (χ3n) is 3.05. The molecule has 1 rings (SSSR count). The van der Waals surface area contributed by atoms with Crippen LogP contribution in [0.1, 0.15) is 30.0 Å². The lowest BCUT2D eigenvalue weighted by Crippen LogP contribution is -2.16. The Morgan fingerprint density at radius 2 is 1.79 bits per heavy atom. The third kappa shape index (κ3) is 2.58. The number of aryl methyl sites for hydroxylation is 2. The van der Waals surface area contributed by atoms with Crippen LogP contribution < -0.4 is 5.73 Å². The topological polar surface area (TPSA) is 26.0 Å². The number of benzene rings is 1. The fraction of sp³-hybridized carbons (Fsp3) is 0.538. The highest BCUT2D eigenvalue weighted by Gasteiger charge is 2.08. The maximum atomic E-state index is 5.73. The number of nitrogens with two attached hydrogens (primary N) is 1. The summed E-state index contributed by atoms with van der Waals surface area (Å²) in [4.78, 5) is 0. The van der Waals surface area contributed by atoms with Crippen molar-refractivity contribution in [3.8, 4) is 0 Å². The molecule has 2 N–H and O–H groups in total. The van der Waals surface area contributed by atoms with Gasteiger partial charge in [-0.2, -0.15) is 0 Å². The molecule has 14 heavy (non-hydrogen) atoms. The average Bonchev–Trinajstić information content (AvgIpc) is 2.18. The van der Waals surface area contributed by atoms with Crippen LogP contribution in [-0.4, -0.2) is 6.54 Å². The van der Waals surface area contributed by atoms with Gasteiger partial charge in [-0.05, 0) is 49.4 Å². The van der Waals surface area contributed by atoms with Crippen molar-refractivity contribution in [2.75, 3.05) is 6.54 Å². The van der Waals surface area contributed by atoms with E-state index < -0.39 is 0 Å². The van der Waals surface area contributed by atoms with E-state index in [9.17, 15) is 0 Å². The van der Waals surface area contributed by atoms with Gasteiger partial charge in [-0.1, -0.05) is 31.5 Å². The molecule has 1 atom stereocenters. The van der Waals surface area contributed by atoms with Crippen molar-refractivity contribution in [2.45, 2.75) is 33.6 Å². The van der Waals surface area contributed by atoms with E-state index in [4.69, 9.17) is 5.73 Å². The van der Waals surface area contributed by atoms with Gasteiger partial charge in [-0.15, -0.1) is 0 Å². The largest absolute Gasteiger partial charge is 0.330 e. The Morgan fingerprint density at radius 3 is 2.21 bits per heavy atom. The first-order chi connectivity index (χ1) is 6.69. The highest BCUT2D eigenvalue weighted by Crippen LogP contribution is 2.18. The zero-order chi connectivity index (χ0) is 10.6. The lowest BCUT2D eigenvalue weighted by Gasteiger charge is -2.16. The quantitative estimate of drug-likeness (QED) is 0.778. The molecule has 1 aromatic rings. The summed E-state index contributed by atoms with van der Waals surface area (Å²) in [6.45, 7) is 7.38. The Labute approximate surface area is 87.3 Å². The van der Waals surface area contributed by atoms with E-state index in [0.29, 0.717) is 5.92 Å². The van der Waals surface area contributed by atoms with Gasteiger partial charge < -0.3 is 5.73 Å². The van der Waals surface area contributed by atoms with E-state index in [-0.39, 0.29) is 0 Å². The van der Waals surface area contributed by atoms with Crippen molar-refractivity contribution >= 4 is 0 Å². The molecule has 0 aromatic heterocycles. The van der Waals surface area contributed by atoms with Crippen LogP contribution in [0, 0.1) is 19.8 Å². The second-order valence-electron chi connectivity index (χ2n) is 4.08. The van der Waals surface area contributed by atoms with E-state index in [2.05, 4.69) is 39.0 Å². The number of hydrogen-bond donors (Lipinski definition) is 1. The molecule has 0 saturated heterocycles. The zero-order valence-corrected chi connectivity index (χ0v) is 9.51. The molecule has 0 bridgehead atoms. The molecule has 78 valence electrons. The van der Waals surface area contributed by atoms with E-state index in [1.54, 1.807) is 0 Å². The summed E-state index contributed by atoms with van der Waals surface area (Å²) in [7, 11) is 0. The smallest absolute Gasteiger partial charge is 0.00458 e. The maximum Gasteiger partial charge on any atom is -0.00458 e.